The second kappa shape index (κ2) is 9.51. The van der Waals surface area contributed by atoms with Gasteiger partial charge in [0.1, 0.15) is 5.82 Å². The number of halogens is 1. The van der Waals surface area contributed by atoms with E-state index in [1.165, 1.54) is 13.0 Å². The van der Waals surface area contributed by atoms with E-state index in [-0.39, 0.29) is 29.6 Å². The number of amides is 2. The molecule has 0 aliphatic carbocycles. The van der Waals surface area contributed by atoms with E-state index in [0.29, 0.717) is 43.0 Å². The second-order valence-electron chi connectivity index (χ2n) is 9.10. The summed E-state index contributed by atoms with van der Waals surface area (Å²) in [5.74, 6) is -1.08. The van der Waals surface area contributed by atoms with Gasteiger partial charge in [0.05, 0.1) is 12.2 Å². The van der Waals surface area contributed by atoms with E-state index in [1.807, 2.05) is 17.0 Å². The summed E-state index contributed by atoms with van der Waals surface area (Å²) in [5, 5.41) is 2.69. The van der Waals surface area contributed by atoms with Gasteiger partial charge in [0.25, 0.3) is 5.91 Å². The minimum Gasteiger partial charge on any atom is -0.366 e. The van der Waals surface area contributed by atoms with Crippen molar-refractivity contribution in [3.05, 3.63) is 65.0 Å². The molecule has 2 amide bonds. The van der Waals surface area contributed by atoms with Crippen molar-refractivity contribution in [3.8, 4) is 0 Å². The predicted octanol–water partition coefficient (Wildman–Crippen LogP) is 3.40. The maximum absolute atomic E-state index is 14.4. The quantitative estimate of drug-likeness (QED) is 0.725. The van der Waals surface area contributed by atoms with Gasteiger partial charge in [0, 0.05) is 37.3 Å². The van der Waals surface area contributed by atoms with Gasteiger partial charge in [0.15, 0.2) is 5.78 Å². The molecule has 1 aliphatic heterocycles. The molecule has 1 aliphatic rings. The third kappa shape index (κ3) is 5.52. The Kier molecular flexibility index (Phi) is 6.96. The number of nitrogens with one attached hydrogen (secondary N) is 1. The van der Waals surface area contributed by atoms with Crippen LogP contribution in [0.1, 0.15) is 54.0 Å². The van der Waals surface area contributed by atoms with Gasteiger partial charge in [-0.05, 0) is 48.2 Å². The van der Waals surface area contributed by atoms with E-state index >= 15 is 0 Å². The highest BCUT2D eigenvalue weighted by Crippen LogP contribution is 2.23. The monoisotopic (exact) mass is 439 g/mol. The van der Waals surface area contributed by atoms with Gasteiger partial charge in [-0.15, -0.1) is 0 Å². The minimum absolute atomic E-state index is 0.00546. The minimum atomic E-state index is -0.442. The average molecular weight is 440 g/mol. The Morgan fingerprint density at radius 1 is 0.938 bits per heavy atom. The first-order chi connectivity index (χ1) is 15.1. The van der Waals surface area contributed by atoms with Crippen LogP contribution in [0.2, 0.25) is 0 Å². The highest BCUT2D eigenvalue weighted by molar-refractivity contribution is 5.96. The van der Waals surface area contributed by atoms with Crippen LogP contribution in [0.5, 0.6) is 0 Å². The molecule has 0 unspecified atom stereocenters. The summed E-state index contributed by atoms with van der Waals surface area (Å²) in [6.07, 6.45) is 0. The molecule has 3 rings (SSSR count). The summed E-state index contributed by atoms with van der Waals surface area (Å²) >= 11 is 0. The number of carbonyl (C=O) groups is 3. The van der Waals surface area contributed by atoms with Crippen molar-refractivity contribution in [3.63, 3.8) is 0 Å². The van der Waals surface area contributed by atoms with Crippen LogP contribution in [-0.4, -0.2) is 55.2 Å². The van der Waals surface area contributed by atoms with Crippen molar-refractivity contribution in [1.82, 2.24) is 10.2 Å². The molecular weight excluding hydrogens is 409 g/mol. The third-order valence-electron chi connectivity index (χ3n) is 5.74. The Labute approximate surface area is 188 Å². The van der Waals surface area contributed by atoms with Gasteiger partial charge in [-0.2, -0.15) is 0 Å². The third-order valence-corrected chi connectivity index (χ3v) is 5.74. The van der Waals surface area contributed by atoms with Crippen LogP contribution < -0.4 is 10.2 Å². The first kappa shape index (κ1) is 23.4. The Morgan fingerprint density at radius 2 is 1.53 bits per heavy atom. The molecule has 0 radical (unpaired) electrons. The SMILES string of the molecule is CC(=O)c1ccc(N2CCN(C(=O)CNC(=O)c3ccc(C(C)(C)C)cc3)CC2)c(F)c1. The van der Waals surface area contributed by atoms with E-state index in [1.54, 1.807) is 29.2 Å². The maximum atomic E-state index is 14.4. The highest BCUT2D eigenvalue weighted by atomic mass is 19.1. The van der Waals surface area contributed by atoms with E-state index < -0.39 is 5.82 Å². The number of piperazine rings is 1. The largest absolute Gasteiger partial charge is 0.366 e. The molecule has 1 fully saturated rings. The number of nitrogens with zero attached hydrogens (tertiary/aromatic N) is 2. The zero-order valence-corrected chi connectivity index (χ0v) is 19.1. The molecule has 1 saturated heterocycles. The van der Waals surface area contributed by atoms with Crippen LogP contribution >= 0.6 is 0 Å². The van der Waals surface area contributed by atoms with E-state index in [4.69, 9.17) is 0 Å². The normalized spacial score (nSPS) is 14.3. The Hall–Kier alpha value is -3.22. The Balaban J connectivity index is 1.50. The molecule has 2 aromatic rings. The summed E-state index contributed by atoms with van der Waals surface area (Å²) in [7, 11) is 0. The molecule has 0 atom stereocenters. The number of rotatable bonds is 5. The standard InChI is InChI=1S/C25H30FN3O3/c1-17(30)19-7-10-22(21(26)15-19)28-11-13-29(14-12-28)23(31)16-27-24(32)18-5-8-20(9-6-18)25(2,3)4/h5-10,15H,11-14,16H2,1-4H3,(H,27,32). The molecular formula is C25H30FN3O3. The molecule has 0 bridgehead atoms. The topological polar surface area (TPSA) is 69.7 Å². The Bertz CT molecular complexity index is 1000. The fourth-order valence-electron chi connectivity index (χ4n) is 3.67. The molecule has 1 N–H and O–H groups in total. The van der Waals surface area contributed by atoms with Crippen molar-refractivity contribution in [1.29, 1.82) is 0 Å². The van der Waals surface area contributed by atoms with Crippen molar-refractivity contribution in [2.75, 3.05) is 37.6 Å². The van der Waals surface area contributed by atoms with Crippen LogP contribution in [0, 0.1) is 5.82 Å². The van der Waals surface area contributed by atoms with Gasteiger partial charge in [-0.1, -0.05) is 32.9 Å². The van der Waals surface area contributed by atoms with Crippen molar-refractivity contribution >= 4 is 23.3 Å². The van der Waals surface area contributed by atoms with Crippen LogP contribution in [0.3, 0.4) is 0 Å². The smallest absolute Gasteiger partial charge is 0.251 e. The van der Waals surface area contributed by atoms with Gasteiger partial charge in [0.2, 0.25) is 5.91 Å². The molecule has 0 spiro atoms. The van der Waals surface area contributed by atoms with E-state index in [9.17, 15) is 18.8 Å². The number of hydrogen-bond donors (Lipinski definition) is 1. The molecule has 6 nitrogen and oxygen atoms in total. The van der Waals surface area contributed by atoms with E-state index in [2.05, 4.69) is 26.1 Å². The van der Waals surface area contributed by atoms with Crippen LogP contribution in [0.4, 0.5) is 10.1 Å². The lowest BCUT2D eigenvalue weighted by atomic mass is 9.87. The van der Waals surface area contributed by atoms with Crippen molar-refractivity contribution in [2.45, 2.75) is 33.1 Å². The zero-order valence-electron chi connectivity index (χ0n) is 19.1. The van der Waals surface area contributed by atoms with Gasteiger partial charge in [-0.3, -0.25) is 14.4 Å². The molecule has 0 aromatic heterocycles. The Morgan fingerprint density at radius 3 is 2.06 bits per heavy atom. The number of ketones is 1. The van der Waals surface area contributed by atoms with Gasteiger partial charge >= 0.3 is 0 Å². The van der Waals surface area contributed by atoms with Gasteiger partial charge < -0.3 is 15.1 Å². The van der Waals surface area contributed by atoms with Crippen molar-refractivity contribution in [2.24, 2.45) is 0 Å². The summed E-state index contributed by atoms with van der Waals surface area (Å²) < 4.78 is 14.4. The van der Waals surface area contributed by atoms with Crippen LogP contribution in [0.25, 0.3) is 0 Å². The average Bonchev–Trinajstić information content (AvgIpc) is 2.76. The van der Waals surface area contributed by atoms with Crippen LogP contribution in [0.15, 0.2) is 42.5 Å². The van der Waals surface area contributed by atoms with E-state index in [0.717, 1.165) is 5.56 Å². The summed E-state index contributed by atoms with van der Waals surface area (Å²) in [6.45, 7) is 9.46. The first-order valence-corrected chi connectivity index (χ1v) is 10.8. The summed E-state index contributed by atoms with van der Waals surface area (Å²) in [4.78, 5) is 39.8. The lowest BCUT2D eigenvalue weighted by molar-refractivity contribution is -0.130. The number of anilines is 1. The molecule has 1 heterocycles. The van der Waals surface area contributed by atoms with Crippen LogP contribution in [-0.2, 0) is 10.2 Å². The number of benzene rings is 2. The fourth-order valence-corrected chi connectivity index (χ4v) is 3.67. The number of hydrogen-bond acceptors (Lipinski definition) is 4. The second-order valence-corrected chi connectivity index (χ2v) is 9.10. The number of Topliss-reactive ketones (excluding diaryl/α,β-unsaturated/α-hetero) is 1. The fraction of sp³-hybridized carbons (Fsp3) is 0.400. The highest BCUT2D eigenvalue weighted by Gasteiger charge is 2.23. The zero-order chi connectivity index (χ0) is 23.5. The summed E-state index contributed by atoms with van der Waals surface area (Å²) in [6, 6.07) is 11.9. The lowest BCUT2D eigenvalue weighted by Gasteiger charge is -2.36. The lowest BCUT2D eigenvalue weighted by Crippen LogP contribution is -2.51. The number of carbonyl (C=O) groups excluding carboxylic acids is 3. The van der Waals surface area contributed by atoms with Crippen molar-refractivity contribution < 1.29 is 18.8 Å². The first-order valence-electron chi connectivity index (χ1n) is 10.8. The molecule has 2 aromatic carbocycles. The molecule has 7 heteroatoms. The molecule has 0 saturated carbocycles. The molecule has 32 heavy (non-hydrogen) atoms. The summed E-state index contributed by atoms with van der Waals surface area (Å²) in [5.41, 5.74) is 2.42. The van der Waals surface area contributed by atoms with Gasteiger partial charge in [-0.25, -0.2) is 4.39 Å². The predicted molar refractivity (Wildman–Crippen MR) is 123 cm³/mol. The maximum Gasteiger partial charge on any atom is 0.251 e. The molecule has 170 valence electrons.